The Morgan fingerprint density at radius 1 is 1.16 bits per heavy atom. The standard InChI is InChI=1S/C25H27FN4O2/c1-16-3-2-4-20(25(31)30-8-7-19(26)15-30)23(16)17-5-6-21-18(13-17)14-22(24(27)28-21)29-9-11-32-12-10-29/h2-6,13-14,19H,7-12,15H2,1H3,(H2,27,28). The van der Waals surface area contributed by atoms with E-state index in [9.17, 15) is 9.18 Å². The van der Waals surface area contributed by atoms with E-state index in [2.05, 4.69) is 22.0 Å². The summed E-state index contributed by atoms with van der Waals surface area (Å²) in [5, 5.41) is 0.963. The van der Waals surface area contributed by atoms with Crippen molar-refractivity contribution >= 4 is 28.3 Å². The molecule has 2 aromatic carbocycles. The number of carbonyl (C=O) groups excluding carboxylic acids is 1. The number of nitrogens with zero attached hydrogens (tertiary/aromatic N) is 3. The molecule has 5 rings (SSSR count). The molecule has 1 atom stereocenters. The molecule has 0 saturated carbocycles. The van der Waals surface area contributed by atoms with Crippen molar-refractivity contribution in [3.63, 3.8) is 0 Å². The number of ether oxygens (including phenoxy) is 1. The molecule has 2 aliphatic rings. The number of hydrogen-bond acceptors (Lipinski definition) is 5. The van der Waals surface area contributed by atoms with Crippen LogP contribution in [0.4, 0.5) is 15.9 Å². The highest BCUT2D eigenvalue weighted by molar-refractivity contribution is 6.03. The monoisotopic (exact) mass is 434 g/mol. The van der Waals surface area contributed by atoms with Crippen LogP contribution in [-0.4, -0.2) is 61.4 Å². The Labute approximate surface area is 186 Å². The molecule has 6 nitrogen and oxygen atoms in total. The van der Waals surface area contributed by atoms with Gasteiger partial charge in [0.05, 0.1) is 31.0 Å². The summed E-state index contributed by atoms with van der Waals surface area (Å²) in [6, 6.07) is 13.8. The molecular weight excluding hydrogens is 407 g/mol. The van der Waals surface area contributed by atoms with E-state index in [4.69, 9.17) is 10.5 Å². The number of aryl methyl sites for hydroxylation is 1. The first-order valence-corrected chi connectivity index (χ1v) is 11.1. The molecule has 0 radical (unpaired) electrons. The van der Waals surface area contributed by atoms with Gasteiger partial charge < -0.3 is 20.3 Å². The van der Waals surface area contributed by atoms with Crippen LogP contribution in [0.15, 0.2) is 42.5 Å². The van der Waals surface area contributed by atoms with Gasteiger partial charge in [0.25, 0.3) is 5.91 Å². The van der Waals surface area contributed by atoms with E-state index in [0.29, 0.717) is 37.6 Å². The number of amides is 1. The third kappa shape index (κ3) is 3.77. The van der Waals surface area contributed by atoms with Crippen LogP contribution in [0.25, 0.3) is 22.0 Å². The van der Waals surface area contributed by atoms with Gasteiger partial charge in [0.2, 0.25) is 0 Å². The van der Waals surface area contributed by atoms with Crippen LogP contribution in [0.2, 0.25) is 0 Å². The maximum Gasteiger partial charge on any atom is 0.254 e. The zero-order chi connectivity index (χ0) is 22.2. The Kier molecular flexibility index (Phi) is 5.43. The maximum absolute atomic E-state index is 13.7. The molecule has 0 spiro atoms. The molecule has 2 saturated heterocycles. The van der Waals surface area contributed by atoms with E-state index in [-0.39, 0.29) is 12.5 Å². The van der Waals surface area contributed by atoms with Crippen molar-refractivity contribution in [3.8, 4) is 11.1 Å². The Morgan fingerprint density at radius 2 is 1.97 bits per heavy atom. The highest BCUT2D eigenvalue weighted by Crippen LogP contribution is 2.34. The fraction of sp³-hybridized carbons (Fsp3) is 0.360. The number of hydrogen-bond donors (Lipinski definition) is 1. The number of benzene rings is 2. The normalized spacial score (nSPS) is 19.0. The number of nitrogen functional groups attached to an aromatic ring is 1. The third-order valence-electron chi connectivity index (χ3n) is 6.38. The van der Waals surface area contributed by atoms with Crippen LogP contribution in [0, 0.1) is 6.92 Å². The van der Waals surface area contributed by atoms with Gasteiger partial charge in [0.1, 0.15) is 12.0 Å². The molecule has 1 unspecified atom stereocenters. The molecule has 1 amide bonds. The quantitative estimate of drug-likeness (QED) is 0.679. The van der Waals surface area contributed by atoms with E-state index in [1.165, 1.54) is 0 Å². The van der Waals surface area contributed by atoms with Gasteiger partial charge in [-0.05, 0) is 54.3 Å². The zero-order valence-electron chi connectivity index (χ0n) is 18.2. The van der Waals surface area contributed by atoms with Crippen molar-refractivity contribution in [2.24, 2.45) is 0 Å². The van der Waals surface area contributed by atoms with Crippen molar-refractivity contribution in [2.45, 2.75) is 19.5 Å². The fourth-order valence-corrected chi connectivity index (χ4v) is 4.69. The summed E-state index contributed by atoms with van der Waals surface area (Å²) in [4.78, 5) is 21.6. The molecule has 32 heavy (non-hydrogen) atoms. The van der Waals surface area contributed by atoms with Crippen molar-refractivity contribution in [2.75, 3.05) is 50.0 Å². The van der Waals surface area contributed by atoms with Crippen LogP contribution >= 0.6 is 0 Å². The number of carbonyl (C=O) groups is 1. The summed E-state index contributed by atoms with van der Waals surface area (Å²) in [6.07, 6.45) is -0.539. The molecule has 3 aromatic rings. The van der Waals surface area contributed by atoms with Crippen molar-refractivity contribution in [1.29, 1.82) is 0 Å². The predicted octanol–water partition coefficient (Wildman–Crippen LogP) is 3.81. The molecule has 2 aliphatic heterocycles. The average molecular weight is 435 g/mol. The predicted molar refractivity (Wildman–Crippen MR) is 125 cm³/mol. The second kappa shape index (κ2) is 8.39. The van der Waals surface area contributed by atoms with Gasteiger partial charge in [-0.1, -0.05) is 18.2 Å². The SMILES string of the molecule is Cc1cccc(C(=O)N2CCC(F)C2)c1-c1ccc2nc(N)c(N3CCOCC3)cc2c1. The molecule has 0 bridgehead atoms. The lowest BCUT2D eigenvalue weighted by Gasteiger charge is -2.29. The second-order valence-electron chi connectivity index (χ2n) is 8.53. The fourth-order valence-electron chi connectivity index (χ4n) is 4.69. The van der Waals surface area contributed by atoms with Gasteiger partial charge >= 0.3 is 0 Å². The van der Waals surface area contributed by atoms with Crippen LogP contribution in [0.1, 0.15) is 22.3 Å². The van der Waals surface area contributed by atoms with Gasteiger partial charge in [-0.25, -0.2) is 9.37 Å². The number of alkyl halides is 1. The average Bonchev–Trinajstić information content (AvgIpc) is 3.24. The van der Waals surface area contributed by atoms with Crippen LogP contribution in [-0.2, 0) is 4.74 Å². The Morgan fingerprint density at radius 3 is 2.72 bits per heavy atom. The van der Waals surface area contributed by atoms with E-state index in [1.54, 1.807) is 4.90 Å². The smallest absolute Gasteiger partial charge is 0.254 e. The lowest BCUT2D eigenvalue weighted by atomic mass is 9.93. The minimum absolute atomic E-state index is 0.117. The third-order valence-corrected chi connectivity index (χ3v) is 6.38. The lowest BCUT2D eigenvalue weighted by Crippen LogP contribution is -2.36. The minimum atomic E-state index is -0.942. The molecular formula is C25H27FN4O2. The van der Waals surface area contributed by atoms with Gasteiger partial charge in [-0.15, -0.1) is 0 Å². The first kappa shape index (κ1) is 20.7. The summed E-state index contributed by atoms with van der Waals surface area (Å²) in [5.41, 5.74) is 11.4. The number of fused-ring (bicyclic) bond motifs is 1. The van der Waals surface area contributed by atoms with E-state index in [0.717, 1.165) is 46.4 Å². The zero-order valence-corrected chi connectivity index (χ0v) is 18.2. The van der Waals surface area contributed by atoms with Crippen molar-refractivity contribution in [3.05, 3.63) is 53.6 Å². The van der Waals surface area contributed by atoms with Gasteiger partial charge in [-0.3, -0.25) is 4.79 Å². The van der Waals surface area contributed by atoms with Gasteiger partial charge in [-0.2, -0.15) is 0 Å². The number of anilines is 2. The van der Waals surface area contributed by atoms with Crippen molar-refractivity contribution < 1.29 is 13.9 Å². The van der Waals surface area contributed by atoms with Crippen LogP contribution < -0.4 is 10.6 Å². The molecule has 2 fully saturated rings. The van der Waals surface area contributed by atoms with Gasteiger partial charge in [0, 0.05) is 30.6 Å². The highest BCUT2D eigenvalue weighted by Gasteiger charge is 2.28. The number of rotatable bonds is 3. The molecule has 3 heterocycles. The first-order valence-electron chi connectivity index (χ1n) is 11.1. The van der Waals surface area contributed by atoms with E-state index in [1.807, 2.05) is 37.3 Å². The number of likely N-dealkylation sites (tertiary alicyclic amines) is 1. The summed E-state index contributed by atoms with van der Waals surface area (Å²) >= 11 is 0. The Bertz CT molecular complexity index is 1180. The molecule has 7 heteroatoms. The summed E-state index contributed by atoms with van der Waals surface area (Å²) in [6.45, 7) is 5.51. The number of halogens is 1. The Hall–Kier alpha value is -3.19. The number of nitrogens with two attached hydrogens (primary N) is 1. The van der Waals surface area contributed by atoms with Crippen LogP contribution in [0.3, 0.4) is 0 Å². The van der Waals surface area contributed by atoms with Crippen molar-refractivity contribution in [1.82, 2.24) is 9.88 Å². The summed E-state index contributed by atoms with van der Waals surface area (Å²) < 4.78 is 19.2. The van der Waals surface area contributed by atoms with E-state index < -0.39 is 6.17 Å². The molecule has 0 aliphatic carbocycles. The highest BCUT2D eigenvalue weighted by atomic mass is 19.1. The minimum Gasteiger partial charge on any atom is -0.382 e. The number of aromatic nitrogens is 1. The number of morpholine rings is 1. The van der Waals surface area contributed by atoms with Crippen LogP contribution in [0.5, 0.6) is 0 Å². The first-order chi connectivity index (χ1) is 15.5. The molecule has 1 aromatic heterocycles. The second-order valence-corrected chi connectivity index (χ2v) is 8.53. The largest absolute Gasteiger partial charge is 0.382 e. The summed E-state index contributed by atoms with van der Waals surface area (Å²) in [5.74, 6) is 0.391. The van der Waals surface area contributed by atoms with E-state index >= 15 is 0 Å². The topological polar surface area (TPSA) is 71.7 Å². The summed E-state index contributed by atoms with van der Waals surface area (Å²) in [7, 11) is 0. The number of pyridine rings is 1. The Balaban J connectivity index is 1.57. The lowest BCUT2D eigenvalue weighted by molar-refractivity contribution is 0.0783. The van der Waals surface area contributed by atoms with Gasteiger partial charge in [0.15, 0.2) is 0 Å². The maximum atomic E-state index is 13.7. The molecule has 2 N–H and O–H groups in total. The molecule has 166 valence electrons.